The lowest BCUT2D eigenvalue weighted by molar-refractivity contribution is -0.136. The largest absolute Gasteiger partial charge is 0.394 e. The van der Waals surface area contributed by atoms with Crippen molar-refractivity contribution in [2.75, 3.05) is 13.2 Å². The summed E-state index contributed by atoms with van der Waals surface area (Å²) in [5.74, 6) is -0.517. The van der Waals surface area contributed by atoms with Gasteiger partial charge in [-0.2, -0.15) is 5.10 Å². The molecular weight excluding hydrogens is 314 g/mol. The van der Waals surface area contributed by atoms with Gasteiger partial charge in [-0.1, -0.05) is 6.92 Å². The van der Waals surface area contributed by atoms with Gasteiger partial charge >= 0.3 is 6.03 Å². The Morgan fingerprint density at radius 1 is 1.38 bits per heavy atom. The molecule has 9 heteroatoms. The Bertz CT molecular complexity index is 671. The summed E-state index contributed by atoms with van der Waals surface area (Å²) >= 11 is 0. The first-order chi connectivity index (χ1) is 11.5. The molecule has 2 aliphatic heterocycles. The summed E-state index contributed by atoms with van der Waals surface area (Å²) in [7, 11) is 0. The molecule has 1 aromatic heterocycles. The lowest BCUT2D eigenvalue weighted by atomic mass is 10.2. The highest BCUT2D eigenvalue weighted by molar-refractivity contribution is 6.05. The maximum absolute atomic E-state index is 12.5. The second-order valence-electron chi connectivity index (χ2n) is 6.01. The second kappa shape index (κ2) is 6.60. The zero-order chi connectivity index (χ0) is 17.3. The highest BCUT2D eigenvalue weighted by atomic mass is 16.3. The third-order valence-electron chi connectivity index (χ3n) is 4.33. The van der Waals surface area contributed by atoms with Crippen LogP contribution in [0.2, 0.25) is 0 Å². The smallest absolute Gasteiger partial charge is 0.324 e. The molecule has 130 valence electrons. The van der Waals surface area contributed by atoms with Gasteiger partial charge in [0.1, 0.15) is 6.04 Å². The minimum Gasteiger partial charge on any atom is -0.394 e. The van der Waals surface area contributed by atoms with Crippen molar-refractivity contribution in [3.8, 4) is 0 Å². The van der Waals surface area contributed by atoms with Crippen LogP contribution in [0.1, 0.15) is 31.0 Å². The van der Waals surface area contributed by atoms with Crippen LogP contribution in [0.3, 0.4) is 0 Å². The van der Waals surface area contributed by atoms with Gasteiger partial charge in [0.2, 0.25) is 5.91 Å². The number of aliphatic hydroxyl groups excluding tert-OH is 1. The lowest BCUT2D eigenvalue weighted by Crippen LogP contribution is -2.37. The van der Waals surface area contributed by atoms with Gasteiger partial charge in [-0.3, -0.25) is 19.2 Å². The second-order valence-corrected chi connectivity index (χ2v) is 6.01. The number of hydrogen-bond acceptors (Lipinski definition) is 5. The van der Waals surface area contributed by atoms with Gasteiger partial charge in [-0.25, -0.2) is 4.79 Å². The molecule has 1 atom stereocenters. The Kier molecular flexibility index (Phi) is 4.52. The Labute approximate surface area is 139 Å². The summed E-state index contributed by atoms with van der Waals surface area (Å²) < 4.78 is 1.69. The van der Waals surface area contributed by atoms with Crippen LogP contribution in [0.4, 0.5) is 4.79 Å². The van der Waals surface area contributed by atoms with Crippen LogP contribution in [-0.4, -0.2) is 61.7 Å². The molecule has 0 aromatic carbocycles. The lowest BCUT2D eigenvalue weighted by Gasteiger charge is -2.18. The molecule has 1 fully saturated rings. The fourth-order valence-electron chi connectivity index (χ4n) is 3.12. The number of carbonyl (C=O) groups is 3. The standard InChI is InChI=1S/C15H21N5O4/c1-2-3-19-14(23)11(17-15(19)24)6-13(22)18-8-10-7-16-20(4-5-21)12(10)9-18/h7,11,21H,2-6,8-9H2,1H3,(H,17,24)/t11-/m1/s1. The van der Waals surface area contributed by atoms with Crippen molar-refractivity contribution in [1.82, 2.24) is 24.9 Å². The van der Waals surface area contributed by atoms with E-state index in [1.54, 1.807) is 15.8 Å². The Balaban J connectivity index is 1.61. The van der Waals surface area contributed by atoms with Crippen LogP contribution in [0.25, 0.3) is 0 Å². The van der Waals surface area contributed by atoms with Crippen LogP contribution in [0.5, 0.6) is 0 Å². The third-order valence-corrected chi connectivity index (χ3v) is 4.33. The first-order valence-electron chi connectivity index (χ1n) is 8.09. The molecule has 0 aliphatic carbocycles. The number of nitrogens with zero attached hydrogens (tertiary/aromatic N) is 4. The van der Waals surface area contributed by atoms with Crippen molar-refractivity contribution in [3.63, 3.8) is 0 Å². The molecule has 24 heavy (non-hydrogen) atoms. The topological polar surface area (TPSA) is 108 Å². The van der Waals surface area contributed by atoms with E-state index in [2.05, 4.69) is 10.4 Å². The molecular formula is C15H21N5O4. The predicted molar refractivity (Wildman–Crippen MR) is 82.5 cm³/mol. The van der Waals surface area contributed by atoms with Crippen molar-refractivity contribution < 1.29 is 19.5 Å². The van der Waals surface area contributed by atoms with Gasteiger partial charge in [0.05, 0.1) is 38.0 Å². The minimum atomic E-state index is -0.783. The van der Waals surface area contributed by atoms with Crippen molar-refractivity contribution in [1.29, 1.82) is 0 Å². The fourth-order valence-corrected chi connectivity index (χ4v) is 3.12. The summed E-state index contributed by atoms with van der Waals surface area (Å²) in [5.41, 5.74) is 1.86. The van der Waals surface area contributed by atoms with Crippen molar-refractivity contribution >= 4 is 17.8 Å². The molecule has 3 heterocycles. The van der Waals surface area contributed by atoms with Gasteiger partial charge in [0.25, 0.3) is 5.91 Å². The number of aliphatic hydroxyl groups is 1. The van der Waals surface area contributed by atoms with Gasteiger partial charge in [0, 0.05) is 18.7 Å². The van der Waals surface area contributed by atoms with Crippen molar-refractivity contribution in [3.05, 3.63) is 17.5 Å². The van der Waals surface area contributed by atoms with E-state index in [0.29, 0.717) is 32.6 Å². The number of fused-ring (bicyclic) bond motifs is 1. The van der Waals surface area contributed by atoms with Gasteiger partial charge < -0.3 is 15.3 Å². The Hall–Kier alpha value is -2.42. The quantitative estimate of drug-likeness (QED) is 0.678. The van der Waals surface area contributed by atoms with E-state index in [1.807, 2.05) is 6.92 Å². The summed E-state index contributed by atoms with van der Waals surface area (Å²) in [6.45, 7) is 3.46. The molecule has 0 radical (unpaired) electrons. The third kappa shape index (κ3) is 2.86. The van der Waals surface area contributed by atoms with Gasteiger partial charge in [0.15, 0.2) is 0 Å². The van der Waals surface area contributed by atoms with Gasteiger partial charge in [-0.15, -0.1) is 0 Å². The Morgan fingerprint density at radius 3 is 2.88 bits per heavy atom. The molecule has 1 saturated heterocycles. The van der Waals surface area contributed by atoms with Crippen LogP contribution in [0.15, 0.2) is 6.20 Å². The number of rotatable bonds is 6. The number of imide groups is 1. The minimum absolute atomic E-state index is 0.0159. The monoisotopic (exact) mass is 335 g/mol. The molecule has 4 amide bonds. The first kappa shape index (κ1) is 16.4. The van der Waals surface area contributed by atoms with Crippen molar-refractivity contribution in [2.24, 2.45) is 0 Å². The molecule has 2 aliphatic rings. The number of carbonyl (C=O) groups excluding carboxylic acids is 3. The number of aromatic nitrogens is 2. The molecule has 0 spiro atoms. The van der Waals surface area contributed by atoms with E-state index in [1.165, 1.54) is 0 Å². The number of nitrogens with one attached hydrogen (secondary N) is 1. The molecule has 0 unspecified atom stereocenters. The molecule has 1 aromatic rings. The van der Waals surface area contributed by atoms with E-state index < -0.39 is 12.1 Å². The number of hydrogen-bond donors (Lipinski definition) is 2. The van der Waals surface area contributed by atoms with Crippen LogP contribution in [0, 0.1) is 0 Å². The van der Waals surface area contributed by atoms with Crippen LogP contribution < -0.4 is 5.32 Å². The average molecular weight is 335 g/mol. The molecule has 0 saturated carbocycles. The fraction of sp³-hybridized carbons (Fsp3) is 0.600. The molecule has 9 nitrogen and oxygen atoms in total. The molecule has 2 N–H and O–H groups in total. The summed E-state index contributed by atoms with van der Waals surface area (Å²) in [6.07, 6.45) is 2.34. The zero-order valence-electron chi connectivity index (χ0n) is 13.6. The summed E-state index contributed by atoms with van der Waals surface area (Å²) in [6, 6.07) is -1.21. The predicted octanol–water partition coefficient (Wildman–Crippen LogP) is -0.562. The van der Waals surface area contributed by atoms with E-state index in [4.69, 9.17) is 5.11 Å². The SMILES string of the molecule is CCCN1C(=O)N[C@H](CC(=O)N2Cc3cnn(CCO)c3C2)C1=O. The van der Waals surface area contributed by atoms with E-state index in [0.717, 1.165) is 16.2 Å². The van der Waals surface area contributed by atoms with Crippen LogP contribution >= 0.6 is 0 Å². The summed E-state index contributed by atoms with van der Waals surface area (Å²) in [4.78, 5) is 39.3. The van der Waals surface area contributed by atoms with Crippen LogP contribution in [-0.2, 0) is 29.2 Å². The van der Waals surface area contributed by atoms with E-state index >= 15 is 0 Å². The Morgan fingerprint density at radius 2 is 2.17 bits per heavy atom. The zero-order valence-corrected chi connectivity index (χ0v) is 13.6. The van der Waals surface area contributed by atoms with Gasteiger partial charge in [-0.05, 0) is 6.42 Å². The molecule has 0 bridgehead atoms. The summed E-state index contributed by atoms with van der Waals surface area (Å²) in [5, 5.41) is 15.8. The number of urea groups is 1. The highest BCUT2D eigenvalue weighted by Crippen LogP contribution is 2.24. The van der Waals surface area contributed by atoms with Crippen molar-refractivity contribution in [2.45, 2.75) is 45.4 Å². The molecule has 3 rings (SSSR count). The van der Waals surface area contributed by atoms with E-state index in [9.17, 15) is 14.4 Å². The first-order valence-corrected chi connectivity index (χ1v) is 8.09. The average Bonchev–Trinajstić information content (AvgIpc) is 3.19. The maximum atomic E-state index is 12.5. The highest BCUT2D eigenvalue weighted by Gasteiger charge is 2.39. The maximum Gasteiger partial charge on any atom is 0.324 e. The normalized spacial score (nSPS) is 19.8. The number of amides is 4. The van der Waals surface area contributed by atoms with E-state index in [-0.39, 0.29) is 24.8 Å².